The zero-order chi connectivity index (χ0) is 23.9. The Hall–Kier alpha value is -3.17. The van der Waals surface area contributed by atoms with E-state index in [9.17, 15) is 14.7 Å². The molecule has 2 aliphatic rings. The van der Waals surface area contributed by atoms with Crippen molar-refractivity contribution in [3.8, 4) is 11.3 Å². The highest BCUT2D eigenvalue weighted by Gasteiger charge is 2.40. The smallest absolute Gasteiger partial charge is 0.408 e. The van der Waals surface area contributed by atoms with Gasteiger partial charge in [-0.2, -0.15) is 5.10 Å². The number of rotatable bonds is 5. The summed E-state index contributed by atoms with van der Waals surface area (Å²) in [4.78, 5) is 30.6. The lowest BCUT2D eigenvalue weighted by atomic mass is 9.86. The van der Waals surface area contributed by atoms with Crippen LogP contribution in [0, 0.1) is 5.82 Å². The number of halogens is 1. The second-order valence-electron chi connectivity index (χ2n) is 9.67. The Morgan fingerprint density at radius 3 is 2.73 bits per heavy atom. The first kappa shape index (κ1) is 23.0. The van der Waals surface area contributed by atoms with Gasteiger partial charge in [0.25, 0.3) is 5.91 Å². The number of nitrogens with zero attached hydrogens (tertiary/aromatic N) is 4. The summed E-state index contributed by atoms with van der Waals surface area (Å²) in [5.74, 6) is -0.889. The van der Waals surface area contributed by atoms with Crippen molar-refractivity contribution >= 4 is 17.8 Å². The molecule has 9 nitrogen and oxygen atoms in total. The number of pyridine rings is 1. The lowest BCUT2D eigenvalue weighted by Crippen LogP contribution is -2.58. The molecule has 0 unspecified atom stereocenters. The fraction of sp³-hybridized carbons (Fsp3) is 0.565. The maximum atomic E-state index is 15.5. The minimum Gasteiger partial charge on any atom is -0.465 e. The lowest BCUT2D eigenvalue weighted by molar-refractivity contribution is 0.0519. The normalized spacial score (nSPS) is 20.3. The van der Waals surface area contributed by atoms with Gasteiger partial charge >= 0.3 is 6.09 Å². The summed E-state index contributed by atoms with van der Waals surface area (Å²) >= 11 is 0. The molecule has 1 aliphatic carbocycles. The van der Waals surface area contributed by atoms with Crippen molar-refractivity contribution in [3.63, 3.8) is 0 Å². The van der Waals surface area contributed by atoms with Crippen LogP contribution in [0.3, 0.4) is 0 Å². The number of aryl methyl sites for hydroxylation is 1. The topological polar surface area (TPSA) is 112 Å². The molecule has 1 saturated carbocycles. The van der Waals surface area contributed by atoms with Gasteiger partial charge in [0.15, 0.2) is 11.6 Å². The van der Waals surface area contributed by atoms with Crippen molar-refractivity contribution in [1.29, 1.82) is 0 Å². The van der Waals surface area contributed by atoms with Crippen molar-refractivity contribution in [1.82, 2.24) is 25.0 Å². The Morgan fingerprint density at radius 2 is 2.09 bits per heavy atom. The first-order valence-corrected chi connectivity index (χ1v) is 11.4. The zero-order valence-corrected chi connectivity index (χ0v) is 19.5. The van der Waals surface area contributed by atoms with E-state index in [-0.39, 0.29) is 41.5 Å². The maximum Gasteiger partial charge on any atom is 0.408 e. The van der Waals surface area contributed by atoms with Crippen molar-refractivity contribution in [2.24, 2.45) is 0 Å². The van der Waals surface area contributed by atoms with E-state index in [1.165, 1.54) is 4.90 Å². The van der Waals surface area contributed by atoms with Crippen molar-refractivity contribution in [3.05, 3.63) is 29.3 Å². The number of carboxylic acid groups (broad SMARTS) is 1. The van der Waals surface area contributed by atoms with Crippen LogP contribution in [-0.2, 0) is 13.1 Å². The van der Waals surface area contributed by atoms with Gasteiger partial charge in [-0.3, -0.25) is 14.4 Å². The highest BCUT2D eigenvalue weighted by molar-refractivity contribution is 6.04. The van der Waals surface area contributed by atoms with Crippen LogP contribution in [-0.4, -0.2) is 54.4 Å². The molecule has 0 bridgehead atoms. The standard InChI is InChI=1S/C23H31FN6O3/c1-5-29-12-13(10-26-29)19-17-14(11-25-21(17)31)18(24)20(28-19)27-15-8-6-7-9-16(15)30(22(32)33)23(2,3)4/h10,12,15-16H,5-9,11H2,1-4H3,(H,25,31)(H,27,28)(H,32,33)/t15-,16+/m1/s1. The van der Waals surface area contributed by atoms with Gasteiger partial charge in [-0.15, -0.1) is 0 Å². The molecule has 0 radical (unpaired) electrons. The SMILES string of the molecule is CCn1cc(-c2nc(N[C@@H]3CCCC[C@@H]3N(C(=O)O)C(C)(C)C)c(F)c3c2C(=O)NC3)cn1. The second kappa shape index (κ2) is 8.64. The highest BCUT2D eigenvalue weighted by Crippen LogP contribution is 2.35. The molecule has 1 aliphatic heterocycles. The van der Waals surface area contributed by atoms with E-state index in [1.54, 1.807) is 17.1 Å². The largest absolute Gasteiger partial charge is 0.465 e. The summed E-state index contributed by atoms with van der Waals surface area (Å²) < 4.78 is 17.2. The quantitative estimate of drug-likeness (QED) is 0.627. The molecule has 0 aromatic carbocycles. The van der Waals surface area contributed by atoms with Crippen LogP contribution < -0.4 is 10.6 Å². The van der Waals surface area contributed by atoms with Crippen molar-refractivity contribution < 1.29 is 19.1 Å². The van der Waals surface area contributed by atoms with Crippen LogP contribution in [0.15, 0.2) is 12.4 Å². The van der Waals surface area contributed by atoms with Crippen LogP contribution in [0.5, 0.6) is 0 Å². The van der Waals surface area contributed by atoms with Gasteiger partial charge in [-0.1, -0.05) is 12.8 Å². The molecule has 178 valence electrons. The van der Waals surface area contributed by atoms with Gasteiger partial charge in [-0.05, 0) is 40.5 Å². The highest BCUT2D eigenvalue weighted by atomic mass is 19.1. The van der Waals surface area contributed by atoms with E-state index in [2.05, 4.69) is 20.7 Å². The number of carbonyl (C=O) groups is 2. The molecule has 2 aromatic rings. The minimum atomic E-state index is -0.994. The van der Waals surface area contributed by atoms with Crippen molar-refractivity contribution in [2.45, 2.75) is 84.1 Å². The number of hydrogen-bond acceptors (Lipinski definition) is 5. The van der Waals surface area contributed by atoms with Gasteiger partial charge < -0.3 is 15.7 Å². The summed E-state index contributed by atoms with van der Waals surface area (Å²) in [6.07, 6.45) is 5.61. The summed E-state index contributed by atoms with van der Waals surface area (Å²) in [6, 6.07) is -0.623. The van der Waals surface area contributed by atoms with Gasteiger partial charge in [0.1, 0.15) is 0 Å². The summed E-state index contributed by atoms with van der Waals surface area (Å²) in [7, 11) is 0. The number of amides is 2. The molecular weight excluding hydrogens is 427 g/mol. The molecule has 1 fully saturated rings. The molecule has 2 aromatic heterocycles. The molecule has 10 heteroatoms. The number of aromatic nitrogens is 3. The lowest BCUT2D eigenvalue weighted by Gasteiger charge is -2.45. The maximum absolute atomic E-state index is 15.5. The minimum absolute atomic E-state index is 0.0423. The first-order valence-electron chi connectivity index (χ1n) is 11.4. The zero-order valence-electron chi connectivity index (χ0n) is 19.5. The van der Waals surface area contributed by atoms with E-state index in [0.29, 0.717) is 30.6 Å². The van der Waals surface area contributed by atoms with E-state index >= 15 is 4.39 Å². The Balaban J connectivity index is 1.75. The van der Waals surface area contributed by atoms with Crippen molar-refractivity contribution in [2.75, 3.05) is 5.32 Å². The average molecular weight is 459 g/mol. The Bertz CT molecular complexity index is 1080. The Labute approximate surface area is 192 Å². The van der Waals surface area contributed by atoms with Crippen LogP contribution >= 0.6 is 0 Å². The number of fused-ring (bicyclic) bond motifs is 1. The molecule has 4 rings (SSSR count). The molecular formula is C23H31FN6O3. The van der Waals surface area contributed by atoms with Gasteiger partial charge in [0, 0.05) is 42.0 Å². The van der Waals surface area contributed by atoms with Crippen LogP contribution in [0.1, 0.15) is 69.3 Å². The third-order valence-electron chi connectivity index (χ3n) is 6.43. The second-order valence-corrected chi connectivity index (χ2v) is 9.67. The predicted molar refractivity (Wildman–Crippen MR) is 122 cm³/mol. The molecule has 0 saturated heterocycles. The van der Waals surface area contributed by atoms with Crippen LogP contribution in [0.2, 0.25) is 0 Å². The van der Waals surface area contributed by atoms with Gasteiger partial charge in [0.05, 0.1) is 23.5 Å². The summed E-state index contributed by atoms with van der Waals surface area (Å²) in [6.45, 7) is 8.28. The summed E-state index contributed by atoms with van der Waals surface area (Å²) in [5.41, 5.74) is 0.913. The predicted octanol–water partition coefficient (Wildman–Crippen LogP) is 3.85. The van der Waals surface area contributed by atoms with Gasteiger partial charge in [0.2, 0.25) is 0 Å². The fourth-order valence-electron chi connectivity index (χ4n) is 4.93. The Kier molecular flexibility index (Phi) is 6.02. The van der Waals surface area contributed by atoms with E-state index in [1.807, 2.05) is 27.7 Å². The van der Waals surface area contributed by atoms with E-state index in [4.69, 9.17) is 0 Å². The fourth-order valence-corrected chi connectivity index (χ4v) is 4.93. The molecule has 0 spiro atoms. The number of nitrogens with one attached hydrogen (secondary N) is 2. The molecule has 2 amide bonds. The molecule has 3 heterocycles. The molecule has 3 N–H and O–H groups in total. The third-order valence-corrected chi connectivity index (χ3v) is 6.43. The van der Waals surface area contributed by atoms with Crippen LogP contribution in [0.25, 0.3) is 11.3 Å². The molecule has 33 heavy (non-hydrogen) atoms. The number of anilines is 1. The first-order chi connectivity index (χ1) is 15.6. The number of carbonyl (C=O) groups excluding carboxylic acids is 1. The number of hydrogen-bond donors (Lipinski definition) is 3. The average Bonchev–Trinajstić information content (AvgIpc) is 3.37. The monoisotopic (exact) mass is 458 g/mol. The van der Waals surface area contributed by atoms with E-state index in [0.717, 1.165) is 12.8 Å². The van der Waals surface area contributed by atoms with Gasteiger partial charge in [-0.25, -0.2) is 14.2 Å². The Morgan fingerprint density at radius 1 is 1.36 bits per heavy atom. The van der Waals surface area contributed by atoms with Crippen LogP contribution in [0.4, 0.5) is 15.0 Å². The summed E-state index contributed by atoms with van der Waals surface area (Å²) in [5, 5.41) is 20.1. The third kappa shape index (κ3) is 4.26. The molecule has 2 atom stereocenters. The van der Waals surface area contributed by atoms with E-state index < -0.39 is 17.4 Å².